The minimum absolute atomic E-state index is 0.0195. The zero-order valence-electron chi connectivity index (χ0n) is 10.0. The molecule has 2 N–H and O–H groups in total. The highest BCUT2D eigenvalue weighted by atomic mass is 16.5. The minimum Gasteiger partial charge on any atom is -0.370 e. The van der Waals surface area contributed by atoms with Gasteiger partial charge in [-0.2, -0.15) is 0 Å². The molecule has 1 atom stereocenters. The van der Waals surface area contributed by atoms with Crippen molar-refractivity contribution in [1.29, 1.82) is 0 Å². The Labute approximate surface area is 99.6 Å². The Morgan fingerprint density at radius 2 is 2.29 bits per heavy atom. The summed E-state index contributed by atoms with van der Waals surface area (Å²) in [5, 5.41) is 3.20. The van der Waals surface area contributed by atoms with E-state index in [0.29, 0.717) is 5.82 Å². The SMILES string of the molecule is CC1(c2nc3c(c(=O)[nH]2)CCCN3)CCCO1. The topological polar surface area (TPSA) is 67.0 Å². The molecule has 2 aliphatic rings. The number of H-pyrrole nitrogens is 1. The van der Waals surface area contributed by atoms with Crippen LogP contribution in [0.15, 0.2) is 4.79 Å². The first-order valence-corrected chi connectivity index (χ1v) is 6.20. The van der Waals surface area contributed by atoms with E-state index in [9.17, 15) is 4.79 Å². The van der Waals surface area contributed by atoms with Crippen molar-refractivity contribution in [3.8, 4) is 0 Å². The van der Waals surface area contributed by atoms with Crippen LogP contribution in [-0.4, -0.2) is 23.1 Å². The lowest BCUT2D eigenvalue weighted by atomic mass is 10.0. The summed E-state index contributed by atoms with van der Waals surface area (Å²) in [6, 6.07) is 0. The van der Waals surface area contributed by atoms with Crippen molar-refractivity contribution in [2.45, 2.75) is 38.2 Å². The zero-order chi connectivity index (χ0) is 11.9. The highest BCUT2D eigenvalue weighted by Crippen LogP contribution is 2.33. The largest absolute Gasteiger partial charge is 0.370 e. The fraction of sp³-hybridized carbons (Fsp3) is 0.667. The molecule has 5 nitrogen and oxygen atoms in total. The van der Waals surface area contributed by atoms with Crippen LogP contribution in [0.2, 0.25) is 0 Å². The van der Waals surface area contributed by atoms with Crippen LogP contribution >= 0.6 is 0 Å². The second kappa shape index (κ2) is 3.84. The summed E-state index contributed by atoms with van der Waals surface area (Å²) in [5.74, 6) is 1.40. The fourth-order valence-electron chi connectivity index (χ4n) is 2.56. The summed E-state index contributed by atoms with van der Waals surface area (Å²) in [6.07, 6.45) is 3.73. The lowest BCUT2D eigenvalue weighted by Crippen LogP contribution is -2.31. The molecule has 3 heterocycles. The lowest BCUT2D eigenvalue weighted by Gasteiger charge is -2.24. The molecule has 0 bridgehead atoms. The number of ether oxygens (including phenoxy) is 1. The molecule has 0 radical (unpaired) electrons. The van der Waals surface area contributed by atoms with Crippen LogP contribution < -0.4 is 10.9 Å². The molecule has 0 aromatic carbocycles. The average Bonchev–Trinajstić information content (AvgIpc) is 2.78. The van der Waals surface area contributed by atoms with Crippen LogP contribution in [0.3, 0.4) is 0 Å². The van der Waals surface area contributed by atoms with Gasteiger partial charge in [0.1, 0.15) is 17.2 Å². The zero-order valence-corrected chi connectivity index (χ0v) is 10.0. The summed E-state index contributed by atoms with van der Waals surface area (Å²) < 4.78 is 5.71. The minimum atomic E-state index is -0.423. The summed E-state index contributed by atoms with van der Waals surface area (Å²) in [6.45, 7) is 3.62. The Morgan fingerprint density at radius 3 is 3.06 bits per heavy atom. The van der Waals surface area contributed by atoms with Crippen molar-refractivity contribution in [2.24, 2.45) is 0 Å². The molecule has 2 aliphatic heterocycles. The molecule has 0 aliphatic carbocycles. The Bertz CT molecular complexity index is 489. The fourth-order valence-corrected chi connectivity index (χ4v) is 2.56. The summed E-state index contributed by atoms with van der Waals surface area (Å²) in [5.41, 5.74) is 0.336. The molecule has 5 heteroatoms. The van der Waals surface area contributed by atoms with Crippen molar-refractivity contribution in [3.05, 3.63) is 21.7 Å². The van der Waals surface area contributed by atoms with Gasteiger partial charge in [0.15, 0.2) is 0 Å². The van der Waals surface area contributed by atoms with Gasteiger partial charge >= 0.3 is 0 Å². The number of hydrogen-bond acceptors (Lipinski definition) is 4. The molecule has 92 valence electrons. The van der Waals surface area contributed by atoms with Crippen molar-refractivity contribution in [2.75, 3.05) is 18.5 Å². The molecule has 0 amide bonds. The van der Waals surface area contributed by atoms with E-state index in [-0.39, 0.29) is 5.56 Å². The first-order valence-electron chi connectivity index (χ1n) is 6.20. The van der Waals surface area contributed by atoms with Crippen LogP contribution in [0.25, 0.3) is 0 Å². The van der Waals surface area contributed by atoms with E-state index in [1.807, 2.05) is 6.92 Å². The quantitative estimate of drug-likeness (QED) is 0.766. The molecule has 3 rings (SSSR count). The first-order chi connectivity index (χ1) is 8.19. The van der Waals surface area contributed by atoms with Gasteiger partial charge in [0, 0.05) is 13.2 Å². The number of anilines is 1. The lowest BCUT2D eigenvalue weighted by molar-refractivity contribution is 0.00919. The monoisotopic (exact) mass is 235 g/mol. The number of aromatic nitrogens is 2. The molecule has 1 unspecified atom stereocenters. The summed E-state index contributed by atoms with van der Waals surface area (Å²) in [7, 11) is 0. The van der Waals surface area contributed by atoms with Gasteiger partial charge in [-0.3, -0.25) is 4.79 Å². The molecule has 0 spiro atoms. The normalized spacial score (nSPS) is 27.6. The predicted octanol–water partition coefficient (Wildman–Crippen LogP) is 1.15. The standard InChI is InChI=1S/C12H17N3O2/c1-12(5-3-7-17-12)11-14-9-8(10(16)15-11)4-2-6-13-9/h2-7H2,1H3,(H2,13,14,15,16). The number of aromatic amines is 1. The van der Waals surface area contributed by atoms with Crippen LogP contribution in [0.4, 0.5) is 5.82 Å². The first kappa shape index (κ1) is 10.8. The van der Waals surface area contributed by atoms with E-state index in [1.165, 1.54) is 0 Å². The molecule has 1 aromatic rings. The molecule has 1 fully saturated rings. The third kappa shape index (κ3) is 1.74. The smallest absolute Gasteiger partial charge is 0.256 e. The van der Waals surface area contributed by atoms with Crippen LogP contribution in [0.1, 0.15) is 37.6 Å². The second-order valence-corrected chi connectivity index (χ2v) is 4.95. The average molecular weight is 235 g/mol. The van der Waals surface area contributed by atoms with E-state index in [2.05, 4.69) is 15.3 Å². The highest BCUT2D eigenvalue weighted by molar-refractivity contribution is 5.45. The Morgan fingerprint density at radius 1 is 1.41 bits per heavy atom. The number of nitrogens with zero attached hydrogens (tertiary/aromatic N) is 1. The van der Waals surface area contributed by atoms with Gasteiger partial charge in [-0.25, -0.2) is 4.98 Å². The third-order valence-electron chi connectivity index (χ3n) is 3.63. The van der Waals surface area contributed by atoms with Crippen molar-refractivity contribution in [1.82, 2.24) is 9.97 Å². The number of nitrogens with one attached hydrogen (secondary N) is 2. The van der Waals surface area contributed by atoms with E-state index in [4.69, 9.17) is 4.74 Å². The van der Waals surface area contributed by atoms with Gasteiger partial charge in [-0.15, -0.1) is 0 Å². The van der Waals surface area contributed by atoms with Crippen LogP contribution in [0.5, 0.6) is 0 Å². The van der Waals surface area contributed by atoms with Gasteiger partial charge in [0.2, 0.25) is 0 Å². The molecule has 0 saturated carbocycles. The maximum atomic E-state index is 12.0. The Balaban J connectivity index is 2.07. The molecule has 1 aromatic heterocycles. The van der Waals surface area contributed by atoms with Crippen LogP contribution in [-0.2, 0) is 16.8 Å². The predicted molar refractivity (Wildman–Crippen MR) is 64.2 cm³/mol. The maximum absolute atomic E-state index is 12.0. The highest BCUT2D eigenvalue weighted by Gasteiger charge is 2.35. The number of rotatable bonds is 1. The summed E-state index contributed by atoms with van der Waals surface area (Å²) in [4.78, 5) is 19.4. The molecule has 1 saturated heterocycles. The van der Waals surface area contributed by atoms with E-state index < -0.39 is 5.60 Å². The second-order valence-electron chi connectivity index (χ2n) is 4.95. The summed E-state index contributed by atoms with van der Waals surface area (Å²) >= 11 is 0. The molecular weight excluding hydrogens is 218 g/mol. The Kier molecular flexibility index (Phi) is 2.43. The number of hydrogen-bond donors (Lipinski definition) is 2. The van der Waals surface area contributed by atoms with E-state index in [0.717, 1.165) is 50.2 Å². The van der Waals surface area contributed by atoms with Gasteiger partial charge in [0.05, 0.1) is 5.56 Å². The van der Waals surface area contributed by atoms with Crippen molar-refractivity contribution in [3.63, 3.8) is 0 Å². The third-order valence-corrected chi connectivity index (χ3v) is 3.63. The van der Waals surface area contributed by atoms with E-state index >= 15 is 0 Å². The van der Waals surface area contributed by atoms with E-state index in [1.54, 1.807) is 0 Å². The van der Waals surface area contributed by atoms with Gasteiger partial charge in [-0.05, 0) is 32.6 Å². The van der Waals surface area contributed by atoms with Crippen molar-refractivity contribution < 1.29 is 4.74 Å². The van der Waals surface area contributed by atoms with Gasteiger partial charge in [-0.1, -0.05) is 0 Å². The number of fused-ring (bicyclic) bond motifs is 1. The molecule has 17 heavy (non-hydrogen) atoms. The molecular formula is C12H17N3O2. The van der Waals surface area contributed by atoms with Gasteiger partial charge in [0.25, 0.3) is 5.56 Å². The van der Waals surface area contributed by atoms with Crippen molar-refractivity contribution >= 4 is 5.82 Å². The van der Waals surface area contributed by atoms with Crippen LogP contribution in [0, 0.1) is 0 Å². The Hall–Kier alpha value is -1.36. The maximum Gasteiger partial charge on any atom is 0.256 e. The van der Waals surface area contributed by atoms with Gasteiger partial charge < -0.3 is 15.0 Å².